The number of benzene rings is 1. The second kappa shape index (κ2) is 6.55. The summed E-state index contributed by atoms with van der Waals surface area (Å²) in [6.45, 7) is 9.99. The second-order valence-corrected chi connectivity index (χ2v) is 6.48. The Morgan fingerprint density at radius 3 is 2.85 bits per heavy atom. The van der Waals surface area contributed by atoms with Crippen LogP contribution < -0.4 is 11.1 Å². The predicted octanol–water partition coefficient (Wildman–Crippen LogP) is 2.77. The van der Waals surface area contributed by atoms with Gasteiger partial charge < -0.3 is 16.0 Å². The van der Waals surface area contributed by atoms with Crippen LogP contribution in [0.2, 0.25) is 0 Å². The van der Waals surface area contributed by atoms with E-state index in [9.17, 15) is 0 Å². The van der Waals surface area contributed by atoms with Gasteiger partial charge in [0.15, 0.2) is 0 Å². The van der Waals surface area contributed by atoms with Crippen LogP contribution in [0.15, 0.2) is 18.2 Å². The van der Waals surface area contributed by atoms with Gasteiger partial charge in [-0.1, -0.05) is 18.3 Å². The zero-order valence-corrected chi connectivity index (χ0v) is 13.5. The van der Waals surface area contributed by atoms with Crippen molar-refractivity contribution in [2.24, 2.45) is 11.7 Å². The third-order valence-electron chi connectivity index (χ3n) is 4.07. The molecule has 1 saturated heterocycles. The van der Waals surface area contributed by atoms with Crippen molar-refractivity contribution in [3.63, 3.8) is 0 Å². The van der Waals surface area contributed by atoms with Crippen molar-refractivity contribution in [2.45, 2.75) is 33.2 Å². The second-order valence-electron chi connectivity index (χ2n) is 6.04. The molecule has 1 atom stereocenters. The highest BCUT2D eigenvalue weighted by atomic mass is 32.1. The number of aryl methyl sites for hydroxylation is 1. The van der Waals surface area contributed by atoms with E-state index in [-0.39, 0.29) is 0 Å². The summed E-state index contributed by atoms with van der Waals surface area (Å²) < 4.78 is 0. The lowest BCUT2D eigenvalue weighted by Crippen LogP contribution is -2.29. The maximum absolute atomic E-state index is 5.79. The molecule has 0 bridgehead atoms. The summed E-state index contributed by atoms with van der Waals surface area (Å²) in [5.74, 6) is 0.706. The molecule has 3 N–H and O–H groups in total. The number of likely N-dealkylation sites (tertiary alicyclic amines) is 1. The Morgan fingerprint density at radius 1 is 1.50 bits per heavy atom. The van der Waals surface area contributed by atoms with Crippen molar-refractivity contribution >= 4 is 22.9 Å². The molecule has 0 aromatic heterocycles. The van der Waals surface area contributed by atoms with E-state index in [0.717, 1.165) is 17.8 Å². The molecule has 3 nitrogen and oxygen atoms in total. The van der Waals surface area contributed by atoms with Crippen LogP contribution in [0.1, 0.15) is 31.4 Å². The van der Waals surface area contributed by atoms with Crippen LogP contribution in [0, 0.1) is 12.8 Å². The topological polar surface area (TPSA) is 41.3 Å². The van der Waals surface area contributed by atoms with Crippen molar-refractivity contribution in [1.29, 1.82) is 0 Å². The van der Waals surface area contributed by atoms with Crippen LogP contribution in [-0.4, -0.2) is 35.6 Å². The lowest BCUT2D eigenvalue weighted by molar-refractivity contribution is 0.266. The molecule has 0 radical (unpaired) electrons. The Bertz CT molecular complexity index is 485. The molecule has 0 spiro atoms. The maximum atomic E-state index is 5.79. The van der Waals surface area contributed by atoms with Gasteiger partial charge in [-0.2, -0.15) is 0 Å². The molecule has 1 aromatic carbocycles. The normalized spacial score (nSPS) is 19.5. The zero-order valence-electron chi connectivity index (χ0n) is 12.6. The van der Waals surface area contributed by atoms with Crippen LogP contribution >= 0.6 is 12.2 Å². The van der Waals surface area contributed by atoms with Crippen LogP contribution in [0.5, 0.6) is 0 Å². The Balaban J connectivity index is 1.98. The predicted molar refractivity (Wildman–Crippen MR) is 90.4 cm³/mol. The largest absolute Gasteiger partial charge is 0.389 e. The molecule has 1 heterocycles. The molecule has 0 amide bonds. The molecule has 20 heavy (non-hydrogen) atoms. The summed E-state index contributed by atoms with van der Waals surface area (Å²) in [7, 11) is 0. The van der Waals surface area contributed by atoms with Gasteiger partial charge in [0.05, 0.1) is 0 Å². The molecule has 1 unspecified atom stereocenters. The molecule has 2 rings (SSSR count). The van der Waals surface area contributed by atoms with Crippen molar-refractivity contribution in [1.82, 2.24) is 4.90 Å². The lowest BCUT2D eigenvalue weighted by atomic mass is 10.1. The Hall–Kier alpha value is -1.13. The van der Waals surface area contributed by atoms with Crippen LogP contribution in [0.3, 0.4) is 0 Å². The lowest BCUT2D eigenvalue weighted by Gasteiger charge is -2.21. The molecule has 1 aromatic rings. The number of nitrogens with one attached hydrogen (secondary N) is 1. The standard InChI is InChI=1S/C16H25N3S/c1-11(2)19-7-6-13(10-19)9-18-15-8-12(3)4-5-14(15)16(17)20/h4-5,8,11,13,18H,6-7,9-10H2,1-3H3,(H2,17,20). The average Bonchev–Trinajstić information content (AvgIpc) is 2.85. The van der Waals surface area contributed by atoms with Gasteiger partial charge in [0.1, 0.15) is 4.99 Å². The molecule has 1 fully saturated rings. The van der Waals surface area contributed by atoms with E-state index >= 15 is 0 Å². The highest BCUT2D eigenvalue weighted by Crippen LogP contribution is 2.22. The SMILES string of the molecule is Cc1ccc(C(N)=S)c(NCC2CCN(C(C)C)C2)c1. The summed E-state index contributed by atoms with van der Waals surface area (Å²) >= 11 is 5.12. The summed E-state index contributed by atoms with van der Waals surface area (Å²) in [6, 6.07) is 6.83. The van der Waals surface area contributed by atoms with Gasteiger partial charge in [-0.15, -0.1) is 0 Å². The van der Waals surface area contributed by atoms with E-state index < -0.39 is 0 Å². The van der Waals surface area contributed by atoms with Gasteiger partial charge in [-0.25, -0.2) is 0 Å². The highest BCUT2D eigenvalue weighted by molar-refractivity contribution is 7.80. The Kier molecular flexibility index (Phi) is 5.00. The zero-order chi connectivity index (χ0) is 14.7. The van der Waals surface area contributed by atoms with Gasteiger partial charge in [0.2, 0.25) is 0 Å². The van der Waals surface area contributed by atoms with E-state index in [4.69, 9.17) is 18.0 Å². The molecule has 0 saturated carbocycles. The van der Waals surface area contributed by atoms with Gasteiger partial charge in [0.25, 0.3) is 0 Å². The van der Waals surface area contributed by atoms with Crippen molar-refractivity contribution in [3.05, 3.63) is 29.3 Å². The van der Waals surface area contributed by atoms with E-state index in [0.29, 0.717) is 16.9 Å². The number of thiocarbonyl (C=S) groups is 1. The number of nitrogens with two attached hydrogens (primary N) is 1. The average molecular weight is 291 g/mol. The van der Waals surface area contributed by atoms with E-state index in [1.54, 1.807) is 0 Å². The third kappa shape index (κ3) is 3.70. The first kappa shape index (κ1) is 15.3. The van der Waals surface area contributed by atoms with Crippen molar-refractivity contribution in [2.75, 3.05) is 25.0 Å². The van der Waals surface area contributed by atoms with Crippen LogP contribution in [-0.2, 0) is 0 Å². The first-order chi connectivity index (χ1) is 9.47. The number of hydrogen-bond acceptors (Lipinski definition) is 3. The smallest absolute Gasteiger partial charge is 0.106 e. The Morgan fingerprint density at radius 2 is 2.25 bits per heavy atom. The van der Waals surface area contributed by atoms with Crippen molar-refractivity contribution < 1.29 is 0 Å². The molecular weight excluding hydrogens is 266 g/mol. The molecule has 4 heteroatoms. The minimum Gasteiger partial charge on any atom is -0.389 e. The summed E-state index contributed by atoms with van der Waals surface area (Å²) in [4.78, 5) is 3.00. The van der Waals surface area contributed by atoms with Crippen LogP contribution in [0.4, 0.5) is 5.69 Å². The minimum absolute atomic E-state index is 0.461. The quantitative estimate of drug-likeness (QED) is 0.819. The molecule has 1 aliphatic heterocycles. The number of hydrogen-bond donors (Lipinski definition) is 2. The first-order valence-corrected chi connectivity index (χ1v) is 7.76. The highest BCUT2D eigenvalue weighted by Gasteiger charge is 2.24. The first-order valence-electron chi connectivity index (χ1n) is 7.35. The number of rotatable bonds is 5. The monoisotopic (exact) mass is 291 g/mol. The summed E-state index contributed by atoms with van der Waals surface area (Å²) in [5, 5.41) is 3.54. The van der Waals surface area contributed by atoms with Gasteiger partial charge >= 0.3 is 0 Å². The van der Waals surface area contributed by atoms with Gasteiger partial charge in [-0.3, -0.25) is 0 Å². The van der Waals surface area contributed by atoms with Crippen molar-refractivity contribution in [3.8, 4) is 0 Å². The molecule has 1 aliphatic rings. The van der Waals surface area contributed by atoms with E-state index in [1.165, 1.54) is 25.1 Å². The fraction of sp³-hybridized carbons (Fsp3) is 0.562. The molecule has 0 aliphatic carbocycles. The maximum Gasteiger partial charge on any atom is 0.106 e. The summed E-state index contributed by atoms with van der Waals surface area (Å²) in [6.07, 6.45) is 1.26. The minimum atomic E-state index is 0.461. The van der Waals surface area contributed by atoms with Crippen LogP contribution in [0.25, 0.3) is 0 Å². The third-order valence-corrected chi connectivity index (χ3v) is 4.29. The number of nitrogens with zero attached hydrogens (tertiary/aromatic N) is 1. The fourth-order valence-corrected chi connectivity index (χ4v) is 2.95. The van der Waals surface area contributed by atoms with Gasteiger partial charge in [-0.05, 0) is 57.4 Å². The fourth-order valence-electron chi connectivity index (χ4n) is 2.77. The molecular formula is C16H25N3S. The van der Waals surface area contributed by atoms with Gasteiger partial charge in [0, 0.05) is 30.4 Å². The summed E-state index contributed by atoms with van der Waals surface area (Å²) in [5.41, 5.74) is 9.04. The van der Waals surface area contributed by atoms with E-state index in [2.05, 4.69) is 43.1 Å². The van der Waals surface area contributed by atoms with E-state index in [1.807, 2.05) is 6.07 Å². The number of anilines is 1. The Labute approximate surface area is 127 Å². The molecule has 110 valence electrons.